The van der Waals surface area contributed by atoms with Gasteiger partial charge in [-0.2, -0.15) is 0 Å². The molecule has 1 amide bonds. The zero-order valence-corrected chi connectivity index (χ0v) is 41.9. The molecule has 62 heavy (non-hydrogen) atoms. The second kappa shape index (κ2) is 52.2. The minimum atomic E-state index is -0.666. The highest BCUT2D eigenvalue weighted by Crippen LogP contribution is 2.17. The third-order valence-corrected chi connectivity index (χ3v) is 13.1. The number of hydrogen-bond acceptors (Lipinski definition) is 5. The lowest BCUT2D eigenvalue weighted by molar-refractivity contribution is -0.143. The van der Waals surface area contributed by atoms with Crippen LogP contribution >= 0.6 is 0 Å². The zero-order chi connectivity index (χ0) is 45.1. The van der Waals surface area contributed by atoms with Gasteiger partial charge in [0.05, 0.1) is 25.4 Å². The fraction of sp³-hybridized carbons (Fsp3) is 0.929. The molecule has 2 unspecified atom stereocenters. The Bertz CT molecular complexity index is 924. The molecule has 0 aromatic heterocycles. The van der Waals surface area contributed by atoms with Gasteiger partial charge in [0.15, 0.2) is 0 Å². The van der Waals surface area contributed by atoms with Crippen LogP contribution in [0.15, 0.2) is 12.2 Å². The number of nitrogens with one attached hydrogen (secondary N) is 1. The minimum absolute atomic E-state index is 0.0106. The van der Waals surface area contributed by atoms with Crippen molar-refractivity contribution in [2.24, 2.45) is 0 Å². The number of carbonyl (C=O) groups is 2. The molecular weight excluding hydrogens is 767 g/mol. The first-order valence-corrected chi connectivity index (χ1v) is 27.9. The van der Waals surface area contributed by atoms with E-state index in [2.05, 4.69) is 31.3 Å². The first-order chi connectivity index (χ1) is 30.5. The van der Waals surface area contributed by atoms with Crippen molar-refractivity contribution in [1.82, 2.24) is 5.32 Å². The van der Waals surface area contributed by atoms with Crippen LogP contribution in [0.3, 0.4) is 0 Å². The van der Waals surface area contributed by atoms with Crippen molar-refractivity contribution in [3.05, 3.63) is 12.2 Å². The van der Waals surface area contributed by atoms with Crippen LogP contribution < -0.4 is 5.32 Å². The summed E-state index contributed by atoms with van der Waals surface area (Å²) in [6, 6.07) is -0.544. The SMILES string of the molecule is CCCCCCCCCCCCCCCCC(=O)OCCCCCCCCCCCC/C=C\CCCCCCCCCC(=O)NC(CO)C(O)CCCCCCCCCCCC. The molecule has 368 valence electrons. The van der Waals surface area contributed by atoms with Gasteiger partial charge in [0.2, 0.25) is 5.91 Å². The molecule has 0 bridgehead atoms. The lowest BCUT2D eigenvalue weighted by atomic mass is 10.0. The Labute approximate surface area is 387 Å². The van der Waals surface area contributed by atoms with Crippen LogP contribution in [0, 0.1) is 0 Å². The van der Waals surface area contributed by atoms with Gasteiger partial charge in [-0.15, -0.1) is 0 Å². The molecule has 0 aliphatic heterocycles. The summed E-state index contributed by atoms with van der Waals surface area (Å²) in [5.74, 6) is -0.0330. The van der Waals surface area contributed by atoms with E-state index in [1.165, 1.54) is 238 Å². The number of allylic oxidation sites excluding steroid dienone is 2. The van der Waals surface area contributed by atoms with Gasteiger partial charge in [-0.05, 0) is 51.4 Å². The van der Waals surface area contributed by atoms with E-state index in [1.54, 1.807) is 0 Å². The standard InChI is InChI=1S/C56H109NO5/c1-3-5-7-9-11-13-15-16-27-30-34-38-42-46-50-56(61)62-51-47-43-39-35-31-28-25-23-21-19-17-18-20-22-24-26-29-33-37-41-45-49-55(60)57-53(52-58)54(59)48-44-40-36-32-14-12-10-8-6-4-2/h18,20,53-54,58-59H,3-17,19,21-52H2,1-2H3,(H,57,60)/b20-18-. The molecule has 6 heteroatoms. The number of amides is 1. The molecule has 2 atom stereocenters. The summed E-state index contributed by atoms with van der Waals surface area (Å²) in [5.41, 5.74) is 0. The summed E-state index contributed by atoms with van der Waals surface area (Å²) in [5, 5.41) is 23.1. The molecule has 0 aromatic rings. The number of rotatable bonds is 52. The Kier molecular flexibility index (Phi) is 51.0. The molecule has 0 rings (SSSR count). The maximum atomic E-state index is 12.4. The fourth-order valence-corrected chi connectivity index (χ4v) is 8.75. The van der Waals surface area contributed by atoms with E-state index in [9.17, 15) is 19.8 Å². The average Bonchev–Trinajstić information content (AvgIpc) is 3.27. The summed E-state index contributed by atoms with van der Waals surface area (Å²) in [6.07, 6.45) is 60.6. The first-order valence-electron chi connectivity index (χ1n) is 27.9. The molecule has 0 spiro atoms. The number of aliphatic hydroxyl groups excluding tert-OH is 2. The lowest BCUT2D eigenvalue weighted by Crippen LogP contribution is -2.45. The number of carbonyl (C=O) groups excluding carboxylic acids is 2. The molecule has 0 fully saturated rings. The summed E-state index contributed by atoms with van der Waals surface area (Å²) in [7, 11) is 0. The molecule has 3 N–H and O–H groups in total. The monoisotopic (exact) mass is 876 g/mol. The summed E-state index contributed by atoms with van der Waals surface area (Å²) in [4.78, 5) is 24.4. The first kappa shape index (κ1) is 60.6. The summed E-state index contributed by atoms with van der Waals surface area (Å²) < 4.78 is 5.48. The van der Waals surface area contributed by atoms with Crippen molar-refractivity contribution >= 4 is 11.9 Å². The Morgan fingerprint density at radius 3 is 1.15 bits per heavy atom. The molecule has 0 aliphatic rings. The van der Waals surface area contributed by atoms with Crippen molar-refractivity contribution in [1.29, 1.82) is 0 Å². The van der Waals surface area contributed by atoms with E-state index in [0.717, 1.165) is 38.5 Å². The Morgan fingerprint density at radius 1 is 0.435 bits per heavy atom. The van der Waals surface area contributed by atoms with Crippen molar-refractivity contribution in [2.45, 2.75) is 321 Å². The van der Waals surface area contributed by atoms with E-state index < -0.39 is 12.1 Å². The van der Waals surface area contributed by atoms with Crippen LogP contribution in [0.25, 0.3) is 0 Å². The topological polar surface area (TPSA) is 95.9 Å². The van der Waals surface area contributed by atoms with E-state index in [0.29, 0.717) is 25.9 Å². The fourth-order valence-electron chi connectivity index (χ4n) is 8.75. The number of unbranched alkanes of at least 4 members (excludes halogenated alkanes) is 39. The molecule has 0 saturated carbocycles. The highest BCUT2D eigenvalue weighted by molar-refractivity contribution is 5.76. The van der Waals surface area contributed by atoms with Crippen LogP contribution in [0.1, 0.15) is 309 Å². The molecular formula is C56H109NO5. The molecule has 6 nitrogen and oxygen atoms in total. The summed E-state index contributed by atoms with van der Waals surface area (Å²) in [6.45, 7) is 4.94. The summed E-state index contributed by atoms with van der Waals surface area (Å²) >= 11 is 0. The van der Waals surface area contributed by atoms with Crippen LogP contribution in [0.4, 0.5) is 0 Å². The third-order valence-electron chi connectivity index (χ3n) is 13.1. The van der Waals surface area contributed by atoms with Crippen molar-refractivity contribution in [3.8, 4) is 0 Å². The van der Waals surface area contributed by atoms with E-state index >= 15 is 0 Å². The van der Waals surface area contributed by atoms with Gasteiger partial charge in [0.25, 0.3) is 0 Å². The normalized spacial score (nSPS) is 12.6. The zero-order valence-electron chi connectivity index (χ0n) is 41.9. The van der Waals surface area contributed by atoms with E-state index in [4.69, 9.17) is 4.74 Å². The van der Waals surface area contributed by atoms with Gasteiger partial charge in [0, 0.05) is 12.8 Å². The molecule has 0 aromatic carbocycles. The number of hydrogen-bond donors (Lipinski definition) is 3. The second-order valence-electron chi connectivity index (χ2n) is 19.3. The van der Waals surface area contributed by atoms with Gasteiger partial charge >= 0.3 is 5.97 Å². The Hall–Kier alpha value is -1.40. The van der Waals surface area contributed by atoms with Gasteiger partial charge in [-0.3, -0.25) is 9.59 Å². The van der Waals surface area contributed by atoms with Crippen molar-refractivity contribution < 1.29 is 24.5 Å². The highest BCUT2D eigenvalue weighted by Gasteiger charge is 2.20. The second-order valence-corrected chi connectivity index (χ2v) is 19.3. The van der Waals surface area contributed by atoms with Crippen LogP contribution in [0.2, 0.25) is 0 Å². The van der Waals surface area contributed by atoms with E-state index in [-0.39, 0.29) is 18.5 Å². The molecule has 0 aliphatic carbocycles. The number of esters is 1. The van der Waals surface area contributed by atoms with Crippen molar-refractivity contribution in [2.75, 3.05) is 13.2 Å². The third kappa shape index (κ3) is 48.1. The average molecular weight is 876 g/mol. The van der Waals surface area contributed by atoms with Gasteiger partial charge < -0.3 is 20.3 Å². The molecule has 0 saturated heterocycles. The molecule has 0 radical (unpaired) electrons. The predicted molar refractivity (Wildman–Crippen MR) is 269 cm³/mol. The van der Waals surface area contributed by atoms with Gasteiger partial charge in [0.1, 0.15) is 0 Å². The van der Waals surface area contributed by atoms with Crippen LogP contribution in [-0.2, 0) is 14.3 Å². The van der Waals surface area contributed by atoms with E-state index in [1.807, 2.05) is 0 Å². The Morgan fingerprint density at radius 2 is 0.758 bits per heavy atom. The van der Waals surface area contributed by atoms with Crippen LogP contribution in [-0.4, -0.2) is 47.4 Å². The predicted octanol–water partition coefficient (Wildman–Crippen LogP) is 16.9. The van der Waals surface area contributed by atoms with Crippen LogP contribution in [0.5, 0.6) is 0 Å². The minimum Gasteiger partial charge on any atom is -0.466 e. The molecule has 0 heterocycles. The van der Waals surface area contributed by atoms with Gasteiger partial charge in [-0.25, -0.2) is 0 Å². The van der Waals surface area contributed by atoms with Crippen molar-refractivity contribution in [3.63, 3.8) is 0 Å². The Balaban J connectivity index is 3.39. The largest absolute Gasteiger partial charge is 0.466 e. The maximum absolute atomic E-state index is 12.4. The number of aliphatic hydroxyl groups is 2. The maximum Gasteiger partial charge on any atom is 0.305 e. The smallest absolute Gasteiger partial charge is 0.305 e. The van der Waals surface area contributed by atoms with Gasteiger partial charge in [-0.1, -0.05) is 257 Å². The lowest BCUT2D eigenvalue weighted by Gasteiger charge is -2.22. The number of ether oxygens (including phenoxy) is 1. The quantitative estimate of drug-likeness (QED) is 0.0321. The highest BCUT2D eigenvalue weighted by atomic mass is 16.5.